The molecule has 0 aliphatic rings. The number of methoxy groups -OCH3 is 3. The smallest absolute Gasteiger partial charge is 0.203 e. The van der Waals surface area contributed by atoms with Crippen molar-refractivity contribution < 1.29 is 14.2 Å². The van der Waals surface area contributed by atoms with Crippen LogP contribution in [0.25, 0.3) is 0 Å². The Morgan fingerprint density at radius 2 is 1.63 bits per heavy atom. The molecule has 2 unspecified atom stereocenters. The van der Waals surface area contributed by atoms with Crippen LogP contribution in [-0.4, -0.2) is 27.9 Å². The lowest BCUT2D eigenvalue weighted by molar-refractivity contribution is 0.318. The molecule has 0 saturated carbocycles. The highest BCUT2D eigenvalue weighted by atomic mass is 16.5. The zero-order valence-electron chi connectivity index (χ0n) is 12.5. The van der Waals surface area contributed by atoms with E-state index in [4.69, 9.17) is 19.9 Å². The normalized spacial score (nSPS) is 13.8. The van der Waals surface area contributed by atoms with Crippen LogP contribution in [0.5, 0.6) is 17.2 Å². The predicted octanol–water partition coefficient (Wildman–Crippen LogP) is 2.80. The third-order valence-corrected chi connectivity index (χ3v) is 3.70. The van der Waals surface area contributed by atoms with Crippen molar-refractivity contribution in [3.05, 3.63) is 17.7 Å². The fourth-order valence-electron chi connectivity index (χ4n) is 2.30. The minimum atomic E-state index is 0.346. The van der Waals surface area contributed by atoms with Crippen molar-refractivity contribution >= 4 is 0 Å². The summed E-state index contributed by atoms with van der Waals surface area (Å²) in [6, 6.07) is 3.96. The van der Waals surface area contributed by atoms with Crippen LogP contribution < -0.4 is 19.9 Å². The highest BCUT2D eigenvalue weighted by Crippen LogP contribution is 2.44. The number of hydrogen-bond acceptors (Lipinski definition) is 4. The Kier molecular flexibility index (Phi) is 5.96. The Bertz CT molecular complexity index is 407. The second kappa shape index (κ2) is 7.24. The van der Waals surface area contributed by atoms with Gasteiger partial charge in [0, 0.05) is 5.56 Å². The molecule has 0 amide bonds. The fourth-order valence-corrected chi connectivity index (χ4v) is 2.30. The van der Waals surface area contributed by atoms with Gasteiger partial charge in [0.05, 0.1) is 21.3 Å². The first-order valence-corrected chi connectivity index (χ1v) is 6.59. The van der Waals surface area contributed by atoms with Crippen LogP contribution in [0.15, 0.2) is 12.1 Å². The average molecular weight is 267 g/mol. The number of nitrogens with two attached hydrogens (primary N) is 1. The summed E-state index contributed by atoms with van der Waals surface area (Å²) in [6.45, 7) is 5.08. The zero-order valence-corrected chi connectivity index (χ0v) is 12.5. The first-order valence-electron chi connectivity index (χ1n) is 6.59. The molecule has 1 aromatic carbocycles. The highest BCUT2D eigenvalue weighted by Gasteiger charge is 2.22. The minimum absolute atomic E-state index is 0.346. The Hall–Kier alpha value is -1.42. The van der Waals surface area contributed by atoms with Crippen LogP contribution in [0.3, 0.4) is 0 Å². The molecule has 2 atom stereocenters. The van der Waals surface area contributed by atoms with E-state index >= 15 is 0 Å². The van der Waals surface area contributed by atoms with Crippen LogP contribution in [0.1, 0.15) is 31.7 Å². The van der Waals surface area contributed by atoms with Crippen LogP contribution in [0, 0.1) is 5.92 Å². The van der Waals surface area contributed by atoms with Gasteiger partial charge in [0.15, 0.2) is 11.5 Å². The maximum atomic E-state index is 5.64. The van der Waals surface area contributed by atoms with Gasteiger partial charge in [-0.1, -0.05) is 19.9 Å². The Labute approximate surface area is 115 Å². The summed E-state index contributed by atoms with van der Waals surface area (Å²) in [4.78, 5) is 0. The van der Waals surface area contributed by atoms with Crippen LogP contribution in [0.4, 0.5) is 0 Å². The molecular formula is C15H25NO3. The quantitative estimate of drug-likeness (QED) is 0.825. The molecule has 4 nitrogen and oxygen atoms in total. The summed E-state index contributed by atoms with van der Waals surface area (Å²) in [5.41, 5.74) is 6.77. The van der Waals surface area contributed by atoms with Crippen molar-refractivity contribution in [3.8, 4) is 17.2 Å². The lowest BCUT2D eigenvalue weighted by Crippen LogP contribution is -2.13. The predicted molar refractivity (Wildman–Crippen MR) is 77.3 cm³/mol. The Morgan fingerprint density at radius 1 is 1.00 bits per heavy atom. The summed E-state index contributed by atoms with van der Waals surface area (Å²) in [5, 5.41) is 0. The van der Waals surface area contributed by atoms with E-state index in [0.717, 1.165) is 17.7 Å². The lowest BCUT2D eigenvalue weighted by Gasteiger charge is -2.23. The largest absolute Gasteiger partial charge is 0.493 e. The summed E-state index contributed by atoms with van der Waals surface area (Å²) in [5.74, 6) is 2.91. The molecule has 2 N–H and O–H groups in total. The van der Waals surface area contributed by atoms with Gasteiger partial charge in [-0.2, -0.15) is 0 Å². The Balaban J connectivity index is 3.20. The highest BCUT2D eigenvalue weighted by molar-refractivity contribution is 5.56. The maximum absolute atomic E-state index is 5.64. The molecule has 4 heteroatoms. The third-order valence-electron chi connectivity index (χ3n) is 3.70. The van der Waals surface area contributed by atoms with Crippen molar-refractivity contribution in [2.75, 3.05) is 27.9 Å². The molecule has 0 aliphatic carbocycles. The molecule has 0 heterocycles. The van der Waals surface area contributed by atoms with Gasteiger partial charge in [-0.25, -0.2) is 0 Å². The van der Waals surface area contributed by atoms with Crippen molar-refractivity contribution in [2.45, 2.75) is 26.2 Å². The van der Waals surface area contributed by atoms with Crippen LogP contribution in [0.2, 0.25) is 0 Å². The number of ether oxygens (including phenoxy) is 3. The van der Waals surface area contributed by atoms with Crippen LogP contribution >= 0.6 is 0 Å². The number of benzene rings is 1. The van der Waals surface area contributed by atoms with E-state index in [1.165, 1.54) is 0 Å². The second-order valence-electron chi connectivity index (χ2n) is 4.77. The molecule has 19 heavy (non-hydrogen) atoms. The van der Waals surface area contributed by atoms with Gasteiger partial charge in [0.1, 0.15) is 0 Å². The molecule has 0 spiro atoms. The van der Waals surface area contributed by atoms with Gasteiger partial charge in [0.2, 0.25) is 5.75 Å². The fraction of sp³-hybridized carbons (Fsp3) is 0.600. The molecule has 108 valence electrons. The summed E-state index contributed by atoms with van der Waals surface area (Å²) >= 11 is 0. The van der Waals surface area contributed by atoms with E-state index in [2.05, 4.69) is 13.8 Å². The van der Waals surface area contributed by atoms with Crippen molar-refractivity contribution in [2.24, 2.45) is 11.7 Å². The molecule has 0 fully saturated rings. The lowest BCUT2D eigenvalue weighted by atomic mass is 9.86. The van der Waals surface area contributed by atoms with Gasteiger partial charge >= 0.3 is 0 Å². The third kappa shape index (κ3) is 3.32. The average Bonchev–Trinajstić information content (AvgIpc) is 2.44. The molecule has 0 aromatic heterocycles. The van der Waals surface area contributed by atoms with E-state index in [1.54, 1.807) is 21.3 Å². The Morgan fingerprint density at radius 3 is 2.11 bits per heavy atom. The topological polar surface area (TPSA) is 53.7 Å². The second-order valence-corrected chi connectivity index (χ2v) is 4.77. The molecular weight excluding hydrogens is 242 g/mol. The monoisotopic (exact) mass is 267 g/mol. The van der Waals surface area contributed by atoms with Gasteiger partial charge in [-0.15, -0.1) is 0 Å². The molecule has 1 aromatic rings. The van der Waals surface area contributed by atoms with Crippen molar-refractivity contribution in [1.29, 1.82) is 0 Å². The van der Waals surface area contributed by atoms with E-state index in [-0.39, 0.29) is 0 Å². The van der Waals surface area contributed by atoms with E-state index in [0.29, 0.717) is 29.9 Å². The number of hydrogen-bond donors (Lipinski definition) is 1. The molecule has 0 radical (unpaired) electrons. The zero-order chi connectivity index (χ0) is 14.4. The van der Waals surface area contributed by atoms with Gasteiger partial charge < -0.3 is 19.9 Å². The SMILES string of the molecule is COc1ccc(C(C)C(C)CCN)c(OC)c1OC. The number of rotatable bonds is 7. The summed E-state index contributed by atoms with van der Waals surface area (Å²) in [7, 11) is 4.90. The summed E-state index contributed by atoms with van der Waals surface area (Å²) in [6.07, 6.45) is 0.985. The standard InChI is InChI=1S/C15H25NO3/c1-10(8-9-16)11(2)12-6-7-13(17-3)15(19-5)14(12)18-4/h6-7,10-11H,8-9,16H2,1-5H3. The first kappa shape index (κ1) is 15.6. The van der Waals surface area contributed by atoms with E-state index in [9.17, 15) is 0 Å². The maximum Gasteiger partial charge on any atom is 0.203 e. The van der Waals surface area contributed by atoms with Gasteiger partial charge in [-0.3, -0.25) is 0 Å². The van der Waals surface area contributed by atoms with Crippen molar-refractivity contribution in [3.63, 3.8) is 0 Å². The molecule has 0 aliphatic heterocycles. The van der Waals surface area contributed by atoms with E-state index < -0.39 is 0 Å². The minimum Gasteiger partial charge on any atom is -0.493 e. The summed E-state index contributed by atoms with van der Waals surface area (Å²) < 4.78 is 16.2. The van der Waals surface area contributed by atoms with Crippen LogP contribution in [-0.2, 0) is 0 Å². The van der Waals surface area contributed by atoms with E-state index in [1.807, 2.05) is 12.1 Å². The first-order chi connectivity index (χ1) is 9.10. The van der Waals surface area contributed by atoms with Gasteiger partial charge in [-0.05, 0) is 30.9 Å². The van der Waals surface area contributed by atoms with Gasteiger partial charge in [0.25, 0.3) is 0 Å². The van der Waals surface area contributed by atoms with Crippen molar-refractivity contribution in [1.82, 2.24) is 0 Å². The molecule has 1 rings (SSSR count). The molecule has 0 bridgehead atoms. The molecule has 0 saturated heterocycles.